The molecule has 0 radical (unpaired) electrons. The normalized spacial score (nSPS) is 16.8. The number of nitriles is 2. The van der Waals surface area contributed by atoms with Crippen LogP contribution in [0, 0.1) is 22.7 Å². The van der Waals surface area contributed by atoms with Gasteiger partial charge in [0.15, 0.2) is 0 Å². The van der Waals surface area contributed by atoms with Crippen molar-refractivity contribution in [3.05, 3.63) is 112 Å². The number of rotatable bonds is 6. The molecule has 7 rings (SSSR count). The lowest BCUT2D eigenvalue weighted by molar-refractivity contribution is 0.384. The lowest BCUT2D eigenvalue weighted by Gasteiger charge is -2.35. The largest absolute Gasteiger partial charge is 0.369 e. The second-order valence-corrected chi connectivity index (χ2v) is 16.9. The summed E-state index contributed by atoms with van der Waals surface area (Å²) < 4.78 is 58.5. The maximum atomic E-state index is 13.9. The minimum atomic E-state index is -3.93. The molecule has 0 bridgehead atoms. The smallest absolute Gasteiger partial charge is 0.243 e. The van der Waals surface area contributed by atoms with Gasteiger partial charge < -0.3 is 9.80 Å². The van der Waals surface area contributed by atoms with Crippen molar-refractivity contribution in [1.82, 2.24) is 8.61 Å². The Bertz CT molecular complexity index is 2160. The first-order valence-corrected chi connectivity index (χ1v) is 19.5. The van der Waals surface area contributed by atoms with E-state index < -0.39 is 20.0 Å². The predicted octanol–water partition coefficient (Wildman–Crippen LogP) is 5.84. The molecule has 1 aliphatic carbocycles. The molecule has 2 saturated heterocycles. The minimum Gasteiger partial charge on any atom is -0.369 e. The van der Waals surface area contributed by atoms with Crippen LogP contribution in [0.15, 0.2) is 100 Å². The summed E-state index contributed by atoms with van der Waals surface area (Å²) in [6, 6.07) is 28.0. The maximum Gasteiger partial charge on any atom is 0.243 e. The van der Waals surface area contributed by atoms with E-state index in [0.29, 0.717) is 58.5 Å². The molecule has 4 aromatic carbocycles. The lowest BCUT2D eigenvalue weighted by atomic mass is 9.99. The Morgan fingerprint density at radius 3 is 1.22 bits per heavy atom. The fourth-order valence-corrected chi connectivity index (χ4v) is 9.93. The monoisotopic (exact) mass is 744 g/mol. The maximum absolute atomic E-state index is 13.9. The zero-order valence-corrected chi connectivity index (χ0v) is 29.8. The van der Waals surface area contributed by atoms with Gasteiger partial charge in [0, 0.05) is 79.4 Å². The Morgan fingerprint density at radius 2 is 0.880 bits per heavy atom. The van der Waals surface area contributed by atoms with Gasteiger partial charge in [-0.1, -0.05) is 35.3 Å². The van der Waals surface area contributed by atoms with E-state index in [9.17, 15) is 27.4 Å². The van der Waals surface area contributed by atoms with Crippen LogP contribution >= 0.6 is 23.2 Å². The van der Waals surface area contributed by atoms with E-state index in [-0.39, 0.29) is 47.1 Å². The van der Waals surface area contributed by atoms with Gasteiger partial charge in [0.25, 0.3) is 0 Å². The second-order valence-electron chi connectivity index (χ2n) is 12.1. The van der Waals surface area contributed by atoms with Crippen molar-refractivity contribution in [3.8, 4) is 23.3 Å². The van der Waals surface area contributed by atoms with Crippen molar-refractivity contribution >= 4 is 60.2 Å². The molecule has 0 saturated carbocycles. The van der Waals surface area contributed by atoms with Crippen molar-refractivity contribution < 1.29 is 16.8 Å². The van der Waals surface area contributed by atoms with Crippen molar-refractivity contribution in [2.45, 2.75) is 9.79 Å². The van der Waals surface area contributed by atoms with Crippen LogP contribution in [0.2, 0.25) is 10.0 Å². The Hall–Kier alpha value is -4.40. The summed E-state index contributed by atoms with van der Waals surface area (Å²) in [6.07, 6.45) is 0. The third-order valence-corrected chi connectivity index (χ3v) is 13.7. The number of halogens is 2. The molecule has 0 spiro atoms. The molecule has 2 fully saturated rings. The summed E-state index contributed by atoms with van der Waals surface area (Å²) in [5.74, 6) is 0. The topological polar surface area (TPSA) is 129 Å². The average molecular weight is 746 g/mol. The molecule has 0 unspecified atom stereocenters. The number of hydrogen-bond donors (Lipinski definition) is 0. The van der Waals surface area contributed by atoms with Gasteiger partial charge in [-0.05, 0) is 95.1 Å². The van der Waals surface area contributed by atoms with Crippen LogP contribution in [0.5, 0.6) is 0 Å². The molecule has 0 N–H and O–H groups in total. The van der Waals surface area contributed by atoms with Crippen LogP contribution < -0.4 is 9.80 Å². The molecule has 50 heavy (non-hydrogen) atoms. The van der Waals surface area contributed by atoms with Crippen molar-refractivity contribution in [3.63, 3.8) is 0 Å². The number of piperazine rings is 2. The molecule has 14 heteroatoms. The van der Waals surface area contributed by atoms with Crippen LogP contribution in [0.1, 0.15) is 11.1 Å². The molecule has 4 aromatic rings. The zero-order chi connectivity index (χ0) is 35.2. The van der Waals surface area contributed by atoms with E-state index in [4.69, 9.17) is 23.2 Å². The first-order valence-electron chi connectivity index (χ1n) is 15.9. The summed E-state index contributed by atoms with van der Waals surface area (Å²) in [5, 5.41) is 21.2. The summed E-state index contributed by atoms with van der Waals surface area (Å²) in [7, 11) is -7.87. The standard InChI is InChI=1S/C36H30Cl2N6O4S2/c37-26-1-5-28(6-2-26)41-13-17-43(18-14-41)49(45,46)30-9-11-32-33-12-10-31(22-35(33)36(34(32)21-30)25(23-39)24-40)50(47,48)44-19-15-42(16-20-44)29-7-3-27(38)4-8-29/h1-12,21-22H,13-20H2. The Labute approximate surface area is 301 Å². The van der Waals surface area contributed by atoms with Gasteiger partial charge in [0.1, 0.15) is 17.7 Å². The van der Waals surface area contributed by atoms with Crippen molar-refractivity contribution in [1.29, 1.82) is 10.5 Å². The first-order chi connectivity index (χ1) is 24.0. The van der Waals surface area contributed by atoms with Crippen LogP contribution in [-0.2, 0) is 20.0 Å². The van der Waals surface area contributed by atoms with E-state index in [1.807, 2.05) is 36.4 Å². The number of hydrogen-bond acceptors (Lipinski definition) is 8. The van der Waals surface area contributed by atoms with Gasteiger partial charge in [-0.25, -0.2) is 16.8 Å². The molecule has 0 atom stereocenters. The Morgan fingerprint density at radius 1 is 0.520 bits per heavy atom. The van der Waals surface area contributed by atoms with Crippen LogP contribution in [0.4, 0.5) is 11.4 Å². The van der Waals surface area contributed by atoms with Crippen molar-refractivity contribution in [2.75, 3.05) is 62.2 Å². The van der Waals surface area contributed by atoms with E-state index >= 15 is 0 Å². The average Bonchev–Trinajstić information content (AvgIpc) is 3.46. The highest BCUT2D eigenvalue weighted by Gasteiger charge is 2.35. The van der Waals surface area contributed by atoms with Gasteiger partial charge in [-0.15, -0.1) is 0 Å². The molecular formula is C36H30Cl2N6O4S2. The number of benzene rings is 4. The molecule has 10 nitrogen and oxygen atoms in total. The molecule has 254 valence electrons. The predicted molar refractivity (Wildman–Crippen MR) is 194 cm³/mol. The molecule has 3 aliphatic rings. The molecule has 2 heterocycles. The minimum absolute atomic E-state index is 0.0307. The number of nitrogens with zero attached hydrogens (tertiary/aromatic N) is 6. The summed E-state index contributed by atoms with van der Waals surface area (Å²) in [4.78, 5) is 4.26. The van der Waals surface area contributed by atoms with E-state index in [2.05, 4.69) is 9.80 Å². The first kappa shape index (κ1) is 34.1. The molecule has 0 aromatic heterocycles. The van der Waals surface area contributed by atoms with E-state index in [0.717, 1.165) is 11.4 Å². The van der Waals surface area contributed by atoms with Crippen molar-refractivity contribution in [2.24, 2.45) is 0 Å². The third-order valence-electron chi connectivity index (χ3n) is 9.42. The summed E-state index contributed by atoms with van der Waals surface area (Å²) >= 11 is 12.1. The molecular weight excluding hydrogens is 715 g/mol. The summed E-state index contributed by atoms with van der Waals surface area (Å²) in [6.45, 7) is 3.02. The van der Waals surface area contributed by atoms with Gasteiger partial charge >= 0.3 is 0 Å². The third kappa shape index (κ3) is 6.13. The lowest BCUT2D eigenvalue weighted by Crippen LogP contribution is -2.48. The fraction of sp³-hybridized carbons (Fsp3) is 0.222. The highest BCUT2D eigenvalue weighted by molar-refractivity contribution is 7.89. The Balaban J connectivity index is 1.15. The number of anilines is 2. The summed E-state index contributed by atoms with van der Waals surface area (Å²) in [5.41, 5.74) is 3.92. The fourth-order valence-electron chi connectivity index (χ4n) is 6.78. The van der Waals surface area contributed by atoms with Crippen LogP contribution in [0.25, 0.3) is 16.7 Å². The van der Waals surface area contributed by atoms with E-state index in [1.54, 1.807) is 36.4 Å². The highest BCUT2D eigenvalue weighted by atomic mass is 35.5. The molecule has 0 amide bonds. The second kappa shape index (κ2) is 13.4. The van der Waals surface area contributed by atoms with Crippen LogP contribution in [-0.4, -0.2) is 77.8 Å². The number of sulfonamides is 2. The number of fused-ring (bicyclic) bond motifs is 3. The van der Waals surface area contributed by atoms with Gasteiger partial charge in [0.05, 0.1) is 9.79 Å². The van der Waals surface area contributed by atoms with Gasteiger partial charge in [0.2, 0.25) is 20.0 Å². The molecule has 2 aliphatic heterocycles. The van der Waals surface area contributed by atoms with E-state index in [1.165, 1.54) is 32.9 Å². The number of allylic oxidation sites excluding steroid dienone is 1. The van der Waals surface area contributed by atoms with Gasteiger partial charge in [-0.2, -0.15) is 19.1 Å². The SMILES string of the molecule is N#CC(C#N)=C1c2cc(S(=O)(=O)N3CCN(c4ccc(Cl)cc4)CC3)ccc2-c2ccc(S(=O)(=O)N3CCN(c4ccc(Cl)cc4)CC3)cc21. The Kier molecular flexibility index (Phi) is 9.12. The quantitative estimate of drug-likeness (QED) is 0.198. The highest BCUT2D eigenvalue weighted by Crippen LogP contribution is 2.47. The zero-order valence-electron chi connectivity index (χ0n) is 26.6. The van der Waals surface area contributed by atoms with Gasteiger partial charge in [-0.3, -0.25) is 0 Å². The van der Waals surface area contributed by atoms with Crippen LogP contribution in [0.3, 0.4) is 0 Å².